The van der Waals surface area contributed by atoms with Gasteiger partial charge in [0.15, 0.2) is 0 Å². The van der Waals surface area contributed by atoms with Crippen LogP contribution in [0.3, 0.4) is 0 Å². The molecule has 2 unspecified atom stereocenters. The van der Waals surface area contributed by atoms with Gasteiger partial charge in [-0.15, -0.1) is 0 Å². The van der Waals surface area contributed by atoms with Crippen LogP contribution in [0.4, 0.5) is 0 Å². The van der Waals surface area contributed by atoms with Gasteiger partial charge in [-0.25, -0.2) is 0 Å². The van der Waals surface area contributed by atoms with Gasteiger partial charge in [0.05, 0.1) is 0 Å². The molecule has 0 saturated carbocycles. The van der Waals surface area contributed by atoms with Crippen LogP contribution in [0.25, 0.3) is 0 Å². The molecule has 0 spiro atoms. The van der Waals surface area contributed by atoms with Crippen molar-refractivity contribution in [3.8, 4) is 0 Å². The summed E-state index contributed by atoms with van der Waals surface area (Å²) in [5.41, 5.74) is 7.92. The molecular weight excluding hydrogens is 198 g/mol. The summed E-state index contributed by atoms with van der Waals surface area (Å²) in [6, 6.07) is 8.44. The Morgan fingerprint density at radius 1 is 1.44 bits per heavy atom. The van der Waals surface area contributed by atoms with E-state index in [4.69, 9.17) is 5.73 Å². The number of hydrogen-bond acceptors (Lipinski definition) is 1. The monoisotopic (exact) mass is 219 g/mol. The highest BCUT2D eigenvalue weighted by Crippen LogP contribution is 2.25. The first-order chi connectivity index (χ1) is 7.54. The maximum atomic E-state index is 11.2. The summed E-state index contributed by atoms with van der Waals surface area (Å²) in [6.45, 7) is 6.25. The second kappa shape index (κ2) is 5.69. The molecule has 1 aromatic carbocycles. The number of hydrogen-bond donors (Lipinski definition) is 1. The van der Waals surface area contributed by atoms with Gasteiger partial charge >= 0.3 is 0 Å². The molecule has 0 heterocycles. The average Bonchev–Trinajstić information content (AvgIpc) is 2.25. The Morgan fingerprint density at radius 2 is 2.12 bits per heavy atom. The Labute approximate surface area is 97.9 Å². The van der Waals surface area contributed by atoms with E-state index in [1.165, 1.54) is 11.1 Å². The van der Waals surface area contributed by atoms with Gasteiger partial charge in [-0.05, 0) is 31.2 Å². The van der Waals surface area contributed by atoms with E-state index < -0.39 is 0 Å². The lowest BCUT2D eigenvalue weighted by molar-refractivity contribution is -0.122. The standard InChI is InChI=1S/C14H21NO/c1-4-12(14(15)16)9-11(3)13-7-5-6-10(2)8-13/h5-8,11-12H,4,9H2,1-3H3,(H2,15,16). The van der Waals surface area contributed by atoms with Crippen LogP contribution in [0.5, 0.6) is 0 Å². The molecule has 0 bridgehead atoms. The molecule has 0 aliphatic heterocycles. The van der Waals surface area contributed by atoms with Crippen molar-refractivity contribution in [2.75, 3.05) is 0 Å². The zero-order valence-electron chi connectivity index (χ0n) is 10.4. The number of rotatable bonds is 5. The van der Waals surface area contributed by atoms with Crippen LogP contribution < -0.4 is 5.73 Å². The highest BCUT2D eigenvalue weighted by Gasteiger charge is 2.17. The van der Waals surface area contributed by atoms with Gasteiger partial charge in [0.1, 0.15) is 0 Å². The minimum Gasteiger partial charge on any atom is -0.369 e. The topological polar surface area (TPSA) is 43.1 Å². The smallest absolute Gasteiger partial charge is 0.220 e. The second-order valence-corrected chi connectivity index (χ2v) is 4.56. The van der Waals surface area contributed by atoms with Crippen LogP contribution >= 0.6 is 0 Å². The minimum absolute atomic E-state index is 0.00416. The Balaban J connectivity index is 2.71. The second-order valence-electron chi connectivity index (χ2n) is 4.56. The molecule has 0 aliphatic rings. The first kappa shape index (κ1) is 12.8. The van der Waals surface area contributed by atoms with Gasteiger partial charge in [0.2, 0.25) is 5.91 Å². The molecule has 2 N–H and O–H groups in total. The quantitative estimate of drug-likeness (QED) is 0.812. The summed E-state index contributed by atoms with van der Waals surface area (Å²) in [5, 5.41) is 0. The Hall–Kier alpha value is -1.31. The number of aryl methyl sites for hydroxylation is 1. The number of primary amides is 1. The normalized spacial score (nSPS) is 14.4. The molecule has 0 aliphatic carbocycles. The summed E-state index contributed by atoms with van der Waals surface area (Å²) in [6.07, 6.45) is 1.67. The van der Waals surface area contributed by atoms with Crippen molar-refractivity contribution in [1.29, 1.82) is 0 Å². The van der Waals surface area contributed by atoms with Crippen LogP contribution in [-0.4, -0.2) is 5.91 Å². The lowest BCUT2D eigenvalue weighted by Crippen LogP contribution is -2.24. The molecule has 0 saturated heterocycles. The van der Waals surface area contributed by atoms with Crippen molar-refractivity contribution >= 4 is 5.91 Å². The molecule has 0 radical (unpaired) electrons. The fraction of sp³-hybridized carbons (Fsp3) is 0.500. The molecule has 1 rings (SSSR count). The first-order valence-electron chi connectivity index (χ1n) is 5.90. The molecule has 2 nitrogen and oxygen atoms in total. The molecule has 0 fully saturated rings. The largest absolute Gasteiger partial charge is 0.369 e. The van der Waals surface area contributed by atoms with Gasteiger partial charge in [-0.3, -0.25) is 4.79 Å². The van der Waals surface area contributed by atoms with Crippen molar-refractivity contribution < 1.29 is 4.79 Å². The van der Waals surface area contributed by atoms with E-state index in [9.17, 15) is 4.79 Å². The number of benzene rings is 1. The third-order valence-electron chi connectivity index (χ3n) is 3.14. The molecular formula is C14H21NO. The SMILES string of the molecule is CCC(CC(C)c1cccc(C)c1)C(N)=O. The van der Waals surface area contributed by atoms with E-state index in [0.29, 0.717) is 5.92 Å². The molecule has 88 valence electrons. The van der Waals surface area contributed by atoms with Crippen LogP contribution in [0.2, 0.25) is 0 Å². The molecule has 16 heavy (non-hydrogen) atoms. The van der Waals surface area contributed by atoms with Gasteiger partial charge in [0, 0.05) is 5.92 Å². The average molecular weight is 219 g/mol. The Kier molecular flexibility index (Phi) is 4.53. The first-order valence-corrected chi connectivity index (χ1v) is 5.90. The van der Waals surface area contributed by atoms with Crippen molar-refractivity contribution in [2.45, 2.75) is 39.5 Å². The van der Waals surface area contributed by atoms with Gasteiger partial charge in [-0.1, -0.05) is 43.7 Å². The maximum absolute atomic E-state index is 11.2. The predicted molar refractivity (Wildman–Crippen MR) is 67.2 cm³/mol. The predicted octanol–water partition coefficient (Wildman–Crippen LogP) is 3.00. The minimum atomic E-state index is -0.179. The van der Waals surface area contributed by atoms with E-state index in [1.807, 2.05) is 6.92 Å². The lowest BCUT2D eigenvalue weighted by Gasteiger charge is -2.17. The summed E-state index contributed by atoms with van der Waals surface area (Å²) in [7, 11) is 0. The van der Waals surface area contributed by atoms with Gasteiger partial charge < -0.3 is 5.73 Å². The summed E-state index contributed by atoms with van der Waals surface area (Å²) < 4.78 is 0. The number of carbonyl (C=O) groups is 1. The molecule has 2 heteroatoms. The van der Waals surface area contributed by atoms with Gasteiger partial charge in [-0.2, -0.15) is 0 Å². The number of amides is 1. The Morgan fingerprint density at radius 3 is 2.62 bits per heavy atom. The zero-order chi connectivity index (χ0) is 12.1. The van der Waals surface area contributed by atoms with Crippen molar-refractivity contribution in [3.63, 3.8) is 0 Å². The number of nitrogens with two attached hydrogens (primary N) is 1. The molecule has 0 aromatic heterocycles. The highest BCUT2D eigenvalue weighted by atomic mass is 16.1. The molecule has 1 aromatic rings. The van der Waals surface area contributed by atoms with E-state index in [2.05, 4.69) is 38.1 Å². The molecule has 2 atom stereocenters. The summed E-state index contributed by atoms with van der Waals surface area (Å²) in [4.78, 5) is 11.2. The van der Waals surface area contributed by atoms with E-state index in [1.54, 1.807) is 0 Å². The van der Waals surface area contributed by atoms with Crippen LogP contribution in [0, 0.1) is 12.8 Å². The van der Waals surface area contributed by atoms with Crippen LogP contribution in [0.15, 0.2) is 24.3 Å². The van der Waals surface area contributed by atoms with E-state index >= 15 is 0 Å². The Bertz CT molecular complexity index is 360. The summed E-state index contributed by atoms with van der Waals surface area (Å²) in [5.74, 6) is 0.204. The van der Waals surface area contributed by atoms with Crippen molar-refractivity contribution in [1.82, 2.24) is 0 Å². The number of carbonyl (C=O) groups excluding carboxylic acids is 1. The third-order valence-corrected chi connectivity index (χ3v) is 3.14. The van der Waals surface area contributed by atoms with Crippen LogP contribution in [0.1, 0.15) is 43.7 Å². The fourth-order valence-corrected chi connectivity index (χ4v) is 2.02. The van der Waals surface area contributed by atoms with E-state index in [-0.39, 0.29) is 11.8 Å². The third kappa shape index (κ3) is 3.37. The highest BCUT2D eigenvalue weighted by molar-refractivity contribution is 5.76. The fourth-order valence-electron chi connectivity index (χ4n) is 2.02. The van der Waals surface area contributed by atoms with Crippen LogP contribution in [-0.2, 0) is 4.79 Å². The van der Waals surface area contributed by atoms with Crippen molar-refractivity contribution in [2.24, 2.45) is 11.7 Å². The van der Waals surface area contributed by atoms with Crippen molar-refractivity contribution in [3.05, 3.63) is 35.4 Å². The van der Waals surface area contributed by atoms with Gasteiger partial charge in [0.25, 0.3) is 0 Å². The zero-order valence-corrected chi connectivity index (χ0v) is 10.4. The summed E-state index contributed by atoms with van der Waals surface area (Å²) >= 11 is 0. The van der Waals surface area contributed by atoms with E-state index in [0.717, 1.165) is 12.8 Å². The maximum Gasteiger partial charge on any atom is 0.220 e. The lowest BCUT2D eigenvalue weighted by atomic mass is 9.88. The molecule has 1 amide bonds.